The topological polar surface area (TPSA) is 245 Å². The molecule has 0 saturated carbocycles. The lowest BCUT2D eigenvalue weighted by Gasteiger charge is -2.16. The number of hydrogen-bond acceptors (Lipinski definition) is 13. The van der Waals surface area contributed by atoms with Gasteiger partial charge in [-0.2, -0.15) is 5.11 Å². The molecule has 16 nitrogen and oxygen atoms in total. The highest BCUT2D eigenvalue weighted by Gasteiger charge is 2.25. The highest BCUT2D eigenvalue weighted by molar-refractivity contribution is 7.92. The summed E-state index contributed by atoms with van der Waals surface area (Å²) in [4.78, 5) is 72.1. The van der Waals surface area contributed by atoms with Gasteiger partial charge >= 0.3 is 11.9 Å². The number of carboxylic acids is 2. The normalized spacial score (nSPS) is 14.0. The molecule has 260 valence electrons. The number of nitrogens with zero attached hydrogens (tertiary/aromatic N) is 3. The van der Waals surface area contributed by atoms with E-state index in [4.69, 9.17) is 9.47 Å². The maximum absolute atomic E-state index is 12.4. The largest absolute Gasteiger partial charge is 0.481 e. The van der Waals surface area contributed by atoms with Gasteiger partial charge < -0.3 is 25.0 Å². The average molecular weight is 675 g/mol. The maximum Gasteiger partial charge on any atom is 0.326 e. The molecular weight excluding hydrogens is 628 g/mol. The summed E-state index contributed by atoms with van der Waals surface area (Å²) in [6.07, 6.45) is 0.0780. The van der Waals surface area contributed by atoms with Crippen LogP contribution in [0.3, 0.4) is 0 Å². The zero-order valence-electron chi connectivity index (χ0n) is 26.3. The van der Waals surface area contributed by atoms with E-state index in [9.17, 15) is 47.4 Å². The molecule has 0 aromatic heterocycles. The lowest BCUT2D eigenvalue weighted by Crippen LogP contribution is -2.41. The number of sulfone groups is 1. The molecule has 0 spiro atoms. The smallest absolute Gasteiger partial charge is 0.326 e. The fourth-order valence-electron chi connectivity index (χ4n) is 4.42. The van der Waals surface area contributed by atoms with E-state index >= 15 is 0 Å². The predicted octanol–water partition coefficient (Wildman–Crippen LogP) is 1.93. The lowest BCUT2D eigenvalue weighted by molar-refractivity contribution is -0.145. The summed E-state index contributed by atoms with van der Waals surface area (Å²) in [5.74, 6) is -6.83. The molecule has 1 aliphatic heterocycles. The second kappa shape index (κ2) is 23.0. The monoisotopic (exact) mass is 674 g/mol. The van der Waals surface area contributed by atoms with Crippen LogP contribution in [0.25, 0.3) is 0 Å². The van der Waals surface area contributed by atoms with Gasteiger partial charge in [0.25, 0.3) is 0 Å². The molecule has 0 aromatic carbocycles. The molecule has 0 fully saturated rings. The first kappa shape index (κ1) is 40.6. The summed E-state index contributed by atoms with van der Waals surface area (Å²) < 4.78 is 35.0. The number of rotatable bonds is 29. The molecular formula is C29H46N4O12S. The molecule has 1 rings (SSSR count). The van der Waals surface area contributed by atoms with Crippen molar-refractivity contribution < 1.29 is 56.9 Å². The van der Waals surface area contributed by atoms with E-state index in [1.807, 2.05) is 6.92 Å². The van der Waals surface area contributed by atoms with Crippen molar-refractivity contribution in [1.82, 2.24) is 5.32 Å². The van der Waals surface area contributed by atoms with E-state index in [0.29, 0.717) is 52.2 Å². The molecule has 17 heteroatoms. The van der Waals surface area contributed by atoms with Crippen LogP contribution in [0.4, 0.5) is 0 Å². The van der Waals surface area contributed by atoms with E-state index < -0.39 is 69.1 Å². The summed E-state index contributed by atoms with van der Waals surface area (Å²) in [5, 5.41) is 32.2. The van der Waals surface area contributed by atoms with Gasteiger partial charge in [0, 0.05) is 51.7 Å². The second-order valence-electron chi connectivity index (χ2n) is 10.9. The van der Waals surface area contributed by atoms with Crippen molar-refractivity contribution in [2.24, 2.45) is 21.4 Å². The number of Topliss-reactive ketones (excluding diaryl/α,β-unsaturated/α-hetero) is 3. The number of aliphatic carboxylic acids is 2. The van der Waals surface area contributed by atoms with Gasteiger partial charge in [0.05, 0.1) is 30.6 Å². The Hall–Kier alpha value is -3.44. The molecule has 3 N–H and O–H groups in total. The van der Waals surface area contributed by atoms with Crippen molar-refractivity contribution in [2.45, 2.75) is 90.0 Å². The van der Waals surface area contributed by atoms with Crippen LogP contribution < -0.4 is 5.32 Å². The van der Waals surface area contributed by atoms with Gasteiger partial charge in [-0.15, -0.1) is 5.10 Å². The first-order valence-corrected chi connectivity index (χ1v) is 17.2. The maximum atomic E-state index is 12.4. The van der Waals surface area contributed by atoms with Crippen LogP contribution in [-0.4, -0.2) is 110 Å². The molecule has 2 atom stereocenters. The van der Waals surface area contributed by atoms with Crippen LogP contribution in [-0.2, 0) is 48.1 Å². The molecule has 1 aliphatic rings. The Balaban J connectivity index is 2.35. The van der Waals surface area contributed by atoms with E-state index in [1.165, 1.54) is 0 Å². The van der Waals surface area contributed by atoms with Crippen molar-refractivity contribution >= 4 is 50.7 Å². The third-order valence-electron chi connectivity index (χ3n) is 6.92. The highest BCUT2D eigenvalue weighted by Crippen LogP contribution is 2.15. The van der Waals surface area contributed by atoms with Crippen molar-refractivity contribution in [1.29, 1.82) is 0 Å². The molecule has 0 radical (unpaired) electrons. The number of hydrogen-bond donors (Lipinski definition) is 3. The number of carbonyl (C=O) groups is 6. The van der Waals surface area contributed by atoms with Gasteiger partial charge in [-0.3, -0.25) is 24.0 Å². The van der Waals surface area contributed by atoms with Crippen molar-refractivity contribution in [3.05, 3.63) is 0 Å². The van der Waals surface area contributed by atoms with Gasteiger partial charge in [0.2, 0.25) is 5.91 Å². The standard InChI is InChI=1S/C29H46N4O12S/c1-2-44-15-16-45-14-4-8-23(34)11-12-26(29(40)41)31-27(37)13-10-21(28(38)39)18-24(35)9-5-17-46(42,43)20-25(36)7-3-6-22-19-30-33-32-22/h21,26H,2-20H2,1H3,(H,31,37)(H,38,39)(H,40,41)/t21-,26?/m1/s1. The van der Waals surface area contributed by atoms with Crippen LogP contribution in [0, 0.1) is 5.92 Å². The fraction of sp³-hybridized carbons (Fsp3) is 0.759. The summed E-state index contributed by atoms with van der Waals surface area (Å²) in [6.45, 7) is 4.05. The van der Waals surface area contributed by atoms with Crippen molar-refractivity contribution in [3.63, 3.8) is 0 Å². The van der Waals surface area contributed by atoms with Crippen molar-refractivity contribution in [3.8, 4) is 0 Å². The molecule has 1 heterocycles. The predicted molar refractivity (Wildman–Crippen MR) is 164 cm³/mol. The van der Waals surface area contributed by atoms with Crippen molar-refractivity contribution in [2.75, 3.05) is 44.5 Å². The summed E-state index contributed by atoms with van der Waals surface area (Å²) >= 11 is 0. The second-order valence-corrected chi connectivity index (χ2v) is 13.1. The lowest BCUT2D eigenvalue weighted by atomic mass is 9.95. The highest BCUT2D eigenvalue weighted by atomic mass is 32.2. The Morgan fingerprint density at radius 2 is 1.52 bits per heavy atom. The molecule has 0 saturated heterocycles. The van der Waals surface area contributed by atoms with E-state index in [0.717, 1.165) is 5.71 Å². The molecule has 0 aliphatic carbocycles. The van der Waals surface area contributed by atoms with E-state index in [1.54, 1.807) is 0 Å². The molecule has 1 unspecified atom stereocenters. The van der Waals surface area contributed by atoms with Gasteiger partial charge in [0.1, 0.15) is 35.7 Å². The number of amides is 1. The third-order valence-corrected chi connectivity index (χ3v) is 8.60. The summed E-state index contributed by atoms with van der Waals surface area (Å²) in [6, 6.07) is -1.34. The fourth-order valence-corrected chi connectivity index (χ4v) is 5.79. The zero-order valence-corrected chi connectivity index (χ0v) is 27.1. The first-order valence-electron chi connectivity index (χ1n) is 15.4. The summed E-state index contributed by atoms with van der Waals surface area (Å²) in [5.41, 5.74) is 0.727. The SMILES string of the molecule is CCOCCOCCCC(=O)CCC(NC(=O)CC[C@H](CC(=O)CCCS(=O)(=O)CC(=O)CCCC1=NN=NC1)C(=O)O)C(=O)O. The molecule has 1 amide bonds. The van der Waals surface area contributed by atoms with Gasteiger partial charge in [-0.25, -0.2) is 13.2 Å². The van der Waals surface area contributed by atoms with Crippen LogP contribution in [0.5, 0.6) is 0 Å². The van der Waals surface area contributed by atoms with Crippen LogP contribution in [0.1, 0.15) is 84.0 Å². The molecule has 46 heavy (non-hydrogen) atoms. The van der Waals surface area contributed by atoms with E-state index in [2.05, 4.69) is 20.8 Å². The Labute approximate surface area is 268 Å². The Kier molecular flexibility index (Phi) is 20.3. The summed E-state index contributed by atoms with van der Waals surface area (Å²) in [7, 11) is -3.75. The Morgan fingerprint density at radius 1 is 0.826 bits per heavy atom. The van der Waals surface area contributed by atoms with Crippen LogP contribution >= 0.6 is 0 Å². The van der Waals surface area contributed by atoms with Gasteiger partial charge in [-0.05, 0) is 50.7 Å². The molecule has 0 bridgehead atoms. The molecule has 0 aromatic rings. The minimum absolute atomic E-state index is 0.0578. The van der Waals surface area contributed by atoms with Gasteiger partial charge in [0.15, 0.2) is 9.84 Å². The quantitative estimate of drug-likeness (QED) is 0.0964. The number of carbonyl (C=O) groups excluding carboxylic acids is 4. The minimum atomic E-state index is -3.75. The number of carboxylic acid groups (broad SMARTS) is 2. The third kappa shape index (κ3) is 19.8. The average Bonchev–Trinajstić information content (AvgIpc) is 3.49. The first-order chi connectivity index (χ1) is 21.8. The number of ketones is 3. The number of ether oxygens (including phenoxy) is 2. The van der Waals surface area contributed by atoms with Gasteiger partial charge in [-0.1, -0.05) is 0 Å². The Morgan fingerprint density at radius 3 is 2.17 bits per heavy atom. The van der Waals surface area contributed by atoms with Crippen LogP contribution in [0.2, 0.25) is 0 Å². The number of nitrogens with one attached hydrogen (secondary N) is 1. The zero-order chi connectivity index (χ0) is 34.4. The van der Waals surface area contributed by atoms with E-state index in [-0.39, 0.29) is 57.1 Å². The Bertz CT molecular complexity index is 1200. The van der Waals surface area contributed by atoms with Crippen LogP contribution in [0.15, 0.2) is 15.4 Å². The minimum Gasteiger partial charge on any atom is -0.481 e.